The predicted molar refractivity (Wildman–Crippen MR) is 97.3 cm³/mol. The SMILES string of the molecule is COC(=O)CCC(=O)[C@H](Cc1ccc(Br)cc1)NC(=O)OC(C)(C)C. The molecule has 1 N–H and O–H groups in total. The fourth-order valence-electron chi connectivity index (χ4n) is 2.05. The molecule has 0 bridgehead atoms. The van der Waals surface area contributed by atoms with Gasteiger partial charge in [0.05, 0.1) is 19.6 Å². The average Bonchev–Trinajstić information content (AvgIpc) is 2.51. The summed E-state index contributed by atoms with van der Waals surface area (Å²) in [5.41, 5.74) is 0.220. The Morgan fingerprint density at radius 3 is 2.24 bits per heavy atom. The first-order valence-electron chi connectivity index (χ1n) is 7.94. The molecule has 0 saturated carbocycles. The lowest BCUT2D eigenvalue weighted by molar-refractivity contribution is -0.142. The van der Waals surface area contributed by atoms with Crippen LogP contribution in [-0.2, 0) is 25.5 Å². The molecule has 0 aliphatic carbocycles. The van der Waals surface area contributed by atoms with Crippen LogP contribution in [0.5, 0.6) is 0 Å². The topological polar surface area (TPSA) is 81.7 Å². The quantitative estimate of drug-likeness (QED) is 0.692. The summed E-state index contributed by atoms with van der Waals surface area (Å²) in [5, 5.41) is 2.60. The van der Waals surface area contributed by atoms with Crippen molar-refractivity contribution in [2.24, 2.45) is 0 Å². The van der Waals surface area contributed by atoms with Gasteiger partial charge >= 0.3 is 12.1 Å². The van der Waals surface area contributed by atoms with Crippen molar-refractivity contribution in [3.8, 4) is 0 Å². The second-order valence-corrected chi connectivity index (χ2v) is 7.49. The Hall–Kier alpha value is -1.89. The molecule has 0 spiro atoms. The van der Waals surface area contributed by atoms with Crippen LogP contribution in [-0.4, -0.2) is 36.6 Å². The molecule has 0 radical (unpaired) electrons. The predicted octanol–water partition coefficient (Wildman–Crippen LogP) is 3.41. The Morgan fingerprint density at radius 1 is 1.12 bits per heavy atom. The van der Waals surface area contributed by atoms with Crippen LogP contribution in [0.3, 0.4) is 0 Å². The van der Waals surface area contributed by atoms with E-state index in [2.05, 4.69) is 26.0 Å². The summed E-state index contributed by atoms with van der Waals surface area (Å²) in [6, 6.07) is 6.67. The number of nitrogens with one attached hydrogen (secondary N) is 1. The lowest BCUT2D eigenvalue weighted by Crippen LogP contribution is -2.44. The minimum atomic E-state index is -0.777. The Balaban J connectivity index is 2.81. The average molecular weight is 414 g/mol. The molecule has 0 aromatic heterocycles. The number of amides is 1. The number of hydrogen-bond acceptors (Lipinski definition) is 5. The van der Waals surface area contributed by atoms with Crippen LogP contribution >= 0.6 is 15.9 Å². The zero-order chi connectivity index (χ0) is 19.0. The summed E-state index contributed by atoms with van der Waals surface area (Å²) >= 11 is 3.35. The highest BCUT2D eigenvalue weighted by molar-refractivity contribution is 9.10. The number of ether oxygens (including phenoxy) is 2. The summed E-state index contributed by atoms with van der Waals surface area (Å²) in [4.78, 5) is 35.7. The number of carbonyl (C=O) groups excluding carboxylic acids is 3. The second kappa shape index (κ2) is 9.56. The summed E-state index contributed by atoms with van der Waals surface area (Å²) in [6.07, 6.45) is -0.390. The standard InChI is InChI=1S/C18H24BrNO5/c1-18(2,3)25-17(23)20-14(15(21)9-10-16(22)24-4)11-12-5-7-13(19)8-6-12/h5-8,14H,9-11H2,1-4H3,(H,20,23)/t14-/m0/s1. The molecule has 0 aliphatic rings. The monoisotopic (exact) mass is 413 g/mol. The van der Waals surface area contributed by atoms with Crippen molar-refractivity contribution < 1.29 is 23.9 Å². The first kappa shape index (κ1) is 21.2. The molecule has 25 heavy (non-hydrogen) atoms. The molecular formula is C18H24BrNO5. The van der Waals surface area contributed by atoms with E-state index in [0.29, 0.717) is 6.42 Å². The van der Waals surface area contributed by atoms with Crippen LogP contribution in [0.15, 0.2) is 28.7 Å². The van der Waals surface area contributed by atoms with Crippen LogP contribution < -0.4 is 5.32 Å². The third kappa shape index (κ3) is 8.67. The Bertz CT molecular complexity index is 607. The zero-order valence-corrected chi connectivity index (χ0v) is 16.5. The van der Waals surface area contributed by atoms with Crippen molar-refractivity contribution in [1.29, 1.82) is 0 Å². The van der Waals surface area contributed by atoms with Crippen LogP contribution in [0.1, 0.15) is 39.2 Å². The molecule has 0 unspecified atom stereocenters. The molecule has 1 aromatic rings. The van der Waals surface area contributed by atoms with E-state index in [1.54, 1.807) is 20.8 Å². The van der Waals surface area contributed by atoms with Gasteiger partial charge < -0.3 is 14.8 Å². The van der Waals surface area contributed by atoms with Crippen LogP contribution in [0.25, 0.3) is 0 Å². The number of alkyl carbamates (subject to hydrolysis) is 1. The van der Waals surface area contributed by atoms with Crippen molar-refractivity contribution in [2.75, 3.05) is 7.11 Å². The molecule has 0 saturated heterocycles. The van der Waals surface area contributed by atoms with Gasteiger partial charge in [0.15, 0.2) is 5.78 Å². The van der Waals surface area contributed by atoms with Gasteiger partial charge in [-0.3, -0.25) is 9.59 Å². The smallest absolute Gasteiger partial charge is 0.408 e. The van der Waals surface area contributed by atoms with Gasteiger partial charge in [0.25, 0.3) is 0 Å². The highest BCUT2D eigenvalue weighted by Gasteiger charge is 2.25. The molecule has 0 heterocycles. The van der Waals surface area contributed by atoms with Crippen LogP contribution in [0.4, 0.5) is 4.79 Å². The Labute approximate surface area is 156 Å². The number of ketones is 1. The number of hydrogen-bond donors (Lipinski definition) is 1. The highest BCUT2D eigenvalue weighted by Crippen LogP contribution is 2.14. The lowest BCUT2D eigenvalue weighted by Gasteiger charge is -2.23. The molecule has 0 fully saturated rings. The molecular weight excluding hydrogens is 390 g/mol. The summed E-state index contributed by atoms with van der Waals surface area (Å²) in [5.74, 6) is -0.716. The maximum absolute atomic E-state index is 12.4. The van der Waals surface area contributed by atoms with E-state index < -0.39 is 23.7 Å². The third-order valence-corrected chi connectivity index (χ3v) is 3.76. The second-order valence-electron chi connectivity index (χ2n) is 6.57. The number of methoxy groups -OCH3 is 1. The lowest BCUT2D eigenvalue weighted by atomic mass is 10.00. The normalized spacial score (nSPS) is 12.2. The van der Waals surface area contributed by atoms with Gasteiger partial charge in [-0.1, -0.05) is 28.1 Å². The van der Waals surface area contributed by atoms with Gasteiger partial charge in [-0.15, -0.1) is 0 Å². The van der Waals surface area contributed by atoms with E-state index >= 15 is 0 Å². The van der Waals surface area contributed by atoms with Gasteiger partial charge in [0.2, 0.25) is 0 Å². The van der Waals surface area contributed by atoms with E-state index in [9.17, 15) is 14.4 Å². The summed E-state index contributed by atoms with van der Waals surface area (Å²) in [6.45, 7) is 5.24. The van der Waals surface area contributed by atoms with Crippen molar-refractivity contribution in [3.63, 3.8) is 0 Å². The van der Waals surface area contributed by atoms with Crippen molar-refractivity contribution in [2.45, 2.75) is 51.7 Å². The number of rotatable bonds is 7. The molecule has 0 aliphatic heterocycles. The van der Waals surface area contributed by atoms with E-state index in [0.717, 1.165) is 10.0 Å². The third-order valence-electron chi connectivity index (χ3n) is 3.24. The van der Waals surface area contributed by atoms with Gasteiger partial charge in [-0.2, -0.15) is 0 Å². The maximum Gasteiger partial charge on any atom is 0.408 e. The fourth-order valence-corrected chi connectivity index (χ4v) is 2.32. The van der Waals surface area contributed by atoms with Crippen LogP contribution in [0, 0.1) is 0 Å². The largest absolute Gasteiger partial charge is 0.469 e. The van der Waals surface area contributed by atoms with E-state index in [4.69, 9.17) is 4.74 Å². The summed E-state index contributed by atoms with van der Waals surface area (Å²) in [7, 11) is 1.27. The van der Waals surface area contributed by atoms with Gasteiger partial charge in [-0.25, -0.2) is 4.79 Å². The van der Waals surface area contributed by atoms with Gasteiger partial charge in [-0.05, 0) is 44.9 Å². The van der Waals surface area contributed by atoms with Crippen molar-refractivity contribution >= 4 is 33.8 Å². The minimum absolute atomic E-state index is 0.0103. The molecule has 1 aromatic carbocycles. The van der Waals surface area contributed by atoms with E-state index in [-0.39, 0.29) is 18.6 Å². The fraction of sp³-hybridized carbons (Fsp3) is 0.500. The Morgan fingerprint density at radius 2 is 1.72 bits per heavy atom. The molecule has 7 heteroatoms. The van der Waals surface area contributed by atoms with Gasteiger partial charge in [0, 0.05) is 10.9 Å². The Kier molecular flexibility index (Phi) is 8.09. The number of Topliss-reactive ketones (excluding diaryl/α,β-unsaturated/α-hetero) is 1. The first-order valence-corrected chi connectivity index (χ1v) is 8.73. The zero-order valence-electron chi connectivity index (χ0n) is 14.9. The van der Waals surface area contributed by atoms with E-state index in [1.165, 1.54) is 7.11 Å². The molecule has 138 valence electrons. The highest BCUT2D eigenvalue weighted by atomic mass is 79.9. The summed E-state index contributed by atoms with van der Waals surface area (Å²) < 4.78 is 10.7. The number of carbonyl (C=O) groups is 3. The molecule has 1 rings (SSSR count). The number of esters is 1. The molecule has 1 amide bonds. The van der Waals surface area contributed by atoms with E-state index in [1.807, 2.05) is 24.3 Å². The number of halogens is 1. The minimum Gasteiger partial charge on any atom is -0.469 e. The van der Waals surface area contributed by atoms with Crippen molar-refractivity contribution in [3.05, 3.63) is 34.3 Å². The van der Waals surface area contributed by atoms with Crippen molar-refractivity contribution in [1.82, 2.24) is 5.32 Å². The molecule has 6 nitrogen and oxygen atoms in total. The molecule has 1 atom stereocenters. The first-order chi connectivity index (χ1) is 11.6. The maximum atomic E-state index is 12.4. The van der Waals surface area contributed by atoms with Gasteiger partial charge in [0.1, 0.15) is 5.60 Å². The number of benzene rings is 1. The van der Waals surface area contributed by atoms with Crippen LogP contribution in [0.2, 0.25) is 0 Å².